The predicted octanol–water partition coefficient (Wildman–Crippen LogP) is 3.10. The van der Waals surface area contributed by atoms with Gasteiger partial charge in [-0.1, -0.05) is 37.3 Å². The van der Waals surface area contributed by atoms with E-state index in [9.17, 15) is 13.2 Å². The van der Waals surface area contributed by atoms with Crippen LogP contribution in [-0.4, -0.2) is 50.2 Å². The highest BCUT2D eigenvalue weighted by atomic mass is 32.2. The van der Waals surface area contributed by atoms with Gasteiger partial charge in [0.25, 0.3) is 5.91 Å². The Hall–Kier alpha value is -2.22. The Morgan fingerprint density at radius 3 is 2.21 bits per heavy atom. The van der Waals surface area contributed by atoms with E-state index in [-0.39, 0.29) is 17.3 Å². The Kier molecular flexibility index (Phi) is 7.96. The molecule has 0 aliphatic carbocycles. The summed E-state index contributed by atoms with van der Waals surface area (Å²) in [5.74, 6) is -0.232. The maximum atomic E-state index is 12.5. The molecule has 2 aromatic carbocycles. The summed E-state index contributed by atoms with van der Waals surface area (Å²) in [6, 6.07) is 14.7. The molecule has 0 radical (unpaired) electrons. The molecule has 0 spiro atoms. The average molecular weight is 418 g/mol. The first-order chi connectivity index (χ1) is 13.7. The van der Waals surface area contributed by atoms with Gasteiger partial charge >= 0.3 is 0 Å². The zero-order chi connectivity index (χ0) is 21.6. The van der Waals surface area contributed by atoms with E-state index in [1.807, 2.05) is 12.1 Å². The van der Waals surface area contributed by atoms with Crippen molar-refractivity contribution in [3.8, 4) is 0 Å². The van der Waals surface area contributed by atoms with Crippen LogP contribution in [0.4, 0.5) is 0 Å². The van der Waals surface area contributed by atoms with Gasteiger partial charge in [0.05, 0.1) is 4.90 Å². The molecule has 1 amide bonds. The number of carbonyl (C=O) groups excluding carboxylic acids is 1. The molecule has 0 atom stereocenters. The van der Waals surface area contributed by atoms with Crippen LogP contribution in [0.3, 0.4) is 0 Å². The van der Waals surface area contributed by atoms with Gasteiger partial charge in [-0.05, 0) is 49.7 Å². The number of rotatable bonds is 9. The highest BCUT2D eigenvalue weighted by Gasteiger charge is 2.21. The molecule has 0 heterocycles. The molecule has 0 aromatic heterocycles. The quantitative estimate of drug-likeness (QED) is 0.681. The molecule has 2 rings (SSSR count). The van der Waals surface area contributed by atoms with Crippen molar-refractivity contribution in [1.82, 2.24) is 14.5 Å². The zero-order valence-electron chi connectivity index (χ0n) is 17.8. The third-order valence-corrected chi connectivity index (χ3v) is 6.82. The van der Waals surface area contributed by atoms with Gasteiger partial charge in [0.2, 0.25) is 10.0 Å². The fraction of sp³-hybridized carbons (Fsp3) is 0.409. The lowest BCUT2D eigenvalue weighted by atomic mass is 10.1. The molecule has 6 nitrogen and oxygen atoms in total. The second-order valence-corrected chi connectivity index (χ2v) is 9.55. The maximum Gasteiger partial charge on any atom is 0.251 e. The molecule has 0 saturated heterocycles. The van der Waals surface area contributed by atoms with E-state index >= 15 is 0 Å². The van der Waals surface area contributed by atoms with Gasteiger partial charge in [-0.3, -0.25) is 9.69 Å². The molecule has 7 heteroatoms. The molecular formula is C22H31N3O3S. The van der Waals surface area contributed by atoms with Crippen LogP contribution in [-0.2, 0) is 23.1 Å². The molecule has 1 N–H and O–H groups in total. The molecule has 2 aromatic rings. The number of amides is 1. The Morgan fingerprint density at radius 2 is 1.66 bits per heavy atom. The third kappa shape index (κ3) is 5.88. The van der Waals surface area contributed by atoms with Gasteiger partial charge in [0.15, 0.2) is 0 Å². The Balaban J connectivity index is 2.07. The van der Waals surface area contributed by atoms with E-state index in [1.54, 1.807) is 36.4 Å². The zero-order valence-corrected chi connectivity index (χ0v) is 18.7. The van der Waals surface area contributed by atoms with Crippen LogP contribution in [0.15, 0.2) is 53.4 Å². The number of hydrogen-bond donors (Lipinski definition) is 1. The van der Waals surface area contributed by atoms with Crippen LogP contribution >= 0.6 is 0 Å². The second-order valence-electron chi connectivity index (χ2n) is 7.43. The number of benzene rings is 2. The summed E-state index contributed by atoms with van der Waals surface area (Å²) in [5, 5.41) is 2.82. The predicted molar refractivity (Wildman–Crippen MR) is 116 cm³/mol. The van der Waals surface area contributed by atoms with E-state index in [2.05, 4.69) is 31.0 Å². The summed E-state index contributed by atoms with van der Waals surface area (Å²) in [6.45, 7) is 8.41. The van der Waals surface area contributed by atoms with Gasteiger partial charge in [-0.2, -0.15) is 0 Å². The summed E-state index contributed by atoms with van der Waals surface area (Å²) in [6.07, 6.45) is 0. The number of sulfonamides is 1. The van der Waals surface area contributed by atoms with E-state index in [0.29, 0.717) is 17.2 Å². The molecule has 0 saturated carbocycles. The first-order valence-corrected chi connectivity index (χ1v) is 11.2. The number of carbonyl (C=O) groups is 1. The van der Waals surface area contributed by atoms with E-state index in [0.717, 1.165) is 18.7 Å². The van der Waals surface area contributed by atoms with Gasteiger partial charge < -0.3 is 5.32 Å². The second kappa shape index (κ2) is 10.0. The summed E-state index contributed by atoms with van der Waals surface area (Å²) in [5.41, 5.74) is 2.26. The van der Waals surface area contributed by atoms with Crippen molar-refractivity contribution in [2.24, 2.45) is 0 Å². The molecule has 0 bridgehead atoms. The first kappa shape index (κ1) is 23.1. The van der Waals surface area contributed by atoms with Crippen LogP contribution < -0.4 is 5.32 Å². The van der Waals surface area contributed by atoms with Crippen LogP contribution in [0.1, 0.15) is 42.3 Å². The maximum absolute atomic E-state index is 12.5. The first-order valence-electron chi connectivity index (χ1n) is 9.78. The summed E-state index contributed by atoms with van der Waals surface area (Å²) in [7, 11) is -0.587. The van der Waals surface area contributed by atoms with Crippen molar-refractivity contribution in [3.63, 3.8) is 0 Å². The van der Waals surface area contributed by atoms with Crippen LogP contribution in [0.2, 0.25) is 0 Å². The molecule has 0 unspecified atom stereocenters. The number of nitrogens with zero attached hydrogens (tertiary/aromatic N) is 2. The Morgan fingerprint density at radius 1 is 1.03 bits per heavy atom. The van der Waals surface area contributed by atoms with Crippen molar-refractivity contribution in [2.75, 3.05) is 20.6 Å². The average Bonchev–Trinajstić information content (AvgIpc) is 2.70. The molecule has 0 aliphatic rings. The fourth-order valence-electron chi connectivity index (χ4n) is 3.03. The largest absolute Gasteiger partial charge is 0.348 e. The monoisotopic (exact) mass is 417 g/mol. The minimum Gasteiger partial charge on any atom is -0.348 e. The van der Waals surface area contributed by atoms with Crippen molar-refractivity contribution in [3.05, 3.63) is 65.2 Å². The standard InChI is InChI=1S/C22H31N3O3S/c1-6-25(17(2)3)16-18-11-13-19(14-12-18)22(26)23-15-20-9-7-8-10-21(20)29(27,28)24(4)5/h7-14,17H,6,15-16H2,1-5H3,(H,23,26). The normalized spacial score (nSPS) is 12.0. The minimum atomic E-state index is -3.57. The lowest BCUT2D eigenvalue weighted by molar-refractivity contribution is 0.0950. The van der Waals surface area contributed by atoms with Gasteiger partial charge in [0, 0.05) is 38.8 Å². The number of nitrogens with one attached hydrogen (secondary N) is 1. The van der Waals surface area contributed by atoms with E-state index in [1.165, 1.54) is 18.4 Å². The molecule has 0 fully saturated rings. The van der Waals surface area contributed by atoms with Crippen molar-refractivity contribution in [2.45, 2.75) is 44.8 Å². The van der Waals surface area contributed by atoms with Gasteiger partial charge in [0.1, 0.15) is 0 Å². The lowest BCUT2D eigenvalue weighted by Gasteiger charge is -2.24. The molecule has 29 heavy (non-hydrogen) atoms. The van der Waals surface area contributed by atoms with Crippen LogP contribution in [0, 0.1) is 0 Å². The van der Waals surface area contributed by atoms with Crippen molar-refractivity contribution in [1.29, 1.82) is 0 Å². The molecule has 0 aliphatic heterocycles. The SMILES string of the molecule is CCN(Cc1ccc(C(=O)NCc2ccccc2S(=O)(=O)N(C)C)cc1)C(C)C. The van der Waals surface area contributed by atoms with E-state index in [4.69, 9.17) is 0 Å². The minimum absolute atomic E-state index is 0.140. The Labute approximate surface area is 174 Å². The third-order valence-electron chi connectivity index (χ3n) is 4.91. The number of hydrogen-bond acceptors (Lipinski definition) is 4. The van der Waals surface area contributed by atoms with Gasteiger partial charge in [-0.15, -0.1) is 0 Å². The highest BCUT2D eigenvalue weighted by Crippen LogP contribution is 2.18. The van der Waals surface area contributed by atoms with Crippen molar-refractivity contribution < 1.29 is 13.2 Å². The molecular weight excluding hydrogens is 386 g/mol. The van der Waals surface area contributed by atoms with E-state index < -0.39 is 10.0 Å². The summed E-state index contributed by atoms with van der Waals surface area (Å²) in [4.78, 5) is 15.1. The fourth-order valence-corrected chi connectivity index (χ4v) is 4.15. The van der Waals surface area contributed by atoms with Crippen LogP contribution in [0.25, 0.3) is 0 Å². The summed E-state index contributed by atoms with van der Waals surface area (Å²) < 4.78 is 26.1. The Bertz CT molecular complexity index is 923. The summed E-state index contributed by atoms with van der Waals surface area (Å²) >= 11 is 0. The van der Waals surface area contributed by atoms with Gasteiger partial charge in [-0.25, -0.2) is 12.7 Å². The smallest absolute Gasteiger partial charge is 0.251 e. The van der Waals surface area contributed by atoms with Crippen LogP contribution in [0.5, 0.6) is 0 Å². The highest BCUT2D eigenvalue weighted by molar-refractivity contribution is 7.89. The topological polar surface area (TPSA) is 69.7 Å². The molecule has 158 valence electrons. The van der Waals surface area contributed by atoms with Crippen molar-refractivity contribution >= 4 is 15.9 Å². The lowest BCUT2D eigenvalue weighted by Crippen LogP contribution is -2.30.